The number of nitrogens with one attached hydrogen (secondary N) is 2. The first-order valence-electron chi connectivity index (χ1n) is 8.17. The van der Waals surface area contributed by atoms with Crippen molar-refractivity contribution in [1.29, 1.82) is 0 Å². The molecule has 0 heterocycles. The Balaban J connectivity index is 2.52. The molecule has 6 nitrogen and oxygen atoms in total. The minimum absolute atomic E-state index is 0.0849. The molecule has 2 N–H and O–H groups in total. The Hall–Kier alpha value is -1.60. The molecule has 1 rings (SSSR count). The topological polar surface area (TPSA) is 84.5 Å². The summed E-state index contributed by atoms with van der Waals surface area (Å²) in [6.07, 6.45) is 3.14. The van der Waals surface area contributed by atoms with E-state index in [2.05, 4.69) is 17.0 Å². The zero-order valence-corrected chi connectivity index (χ0v) is 15.7. The van der Waals surface area contributed by atoms with Gasteiger partial charge in [0.05, 0.1) is 4.90 Å². The Bertz CT molecular complexity index is 619. The van der Waals surface area contributed by atoms with Crippen molar-refractivity contribution in [1.82, 2.24) is 10.0 Å². The van der Waals surface area contributed by atoms with Crippen molar-refractivity contribution >= 4 is 15.9 Å². The van der Waals surface area contributed by atoms with E-state index in [1.54, 1.807) is 32.9 Å². The van der Waals surface area contributed by atoms with Gasteiger partial charge in [0.25, 0.3) is 5.91 Å². The van der Waals surface area contributed by atoms with E-state index in [9.17, 15) is 13.2 Å². The molecule has 0 spiro atoms. The Morgan fingerprint density at radius 3 is 2.29 bits per heavy atom. The van der Waals surface area contributed by atoms with Gasteiger partial charge in [-0.25, -0.2) is 13.1 Å². The van der Waals surface area contributed by atoms with Crippen LogP contribution in [0.4, 0.5) is 0 Å². The number of carbonyl (C=O) groups is 1. The average molecular weight is 356 g/mol. The van der Waals surface area contributed by atoms with E-state index >= 15 is 0 Å². The Labute approximate surface area is 145 Å². The van der Waals surface area contributed by atoms with Crippen molar-refractivity contribution in [3.8, 4) is 5.75 Å². The number of carbonyl (C=O) groups excluding carboxylic acids is 1. The number of rotatable bonds is 9. The third-order valence-electron chi connectivity index (χ3n) is 3.05. The van der Waals surface area contributed by atoms with Crippen LogP contribution < -0.4 is 14.8 Å². The quantitative estimate of drug-likeness (QED) is 0.666. The molecule has 0 fully saturated rings. The molecule has 0 unspecified atom stereocenters. The normalized spacial score (nSPS) is 12.0. The van der Waals surface area contributed by atoms with Gasteiger partial charge in [-0.3, -0.25) is 4.79 Å². The first kappa shape index (κ1) is 20.4. The predicted molar refractivity (Wildman–Crippen MR) is 94.5 cm³/mol. The van der Waals surface area contributed by atoms with Crippen LogP contribution in [0.1, 0.15) is 47.0 Å². The van der Waals surface area contributed by atoms with Crippen molar-refractivity contribution in [3.05, 3.63) is 24.3 Å². The van der Waals surface area contributed by atoms with E-state index in [1.165, 1.54) is 12.1 Å². The Morgan fingerprint density at radius 2 is 1.75 bits per heavy atom. The van der Waals surface area contributed by atoms with Gasteiger partial charge in [-0.1, -0.05) is 19.8 Å². The lowest BCUT2D eigenvalue weighted by Crippen LogP contribution is -2.40. The fraction of sp³-hybridized carbons (Fsp3) is 0.588. The van der Waals surface area contributed by atoms with Gasteiger partial charge < -0.3 is 10.1 Å². The van der Waals surface area contributed by atoms with Gasteiger partial charge in [0, 0.05) is 12.1 Å². The molecule has 0 radical (unpaired) electrons. The lowest BCUT2D eigenvalue weighted by atomic mass is 10.1. The maximum Gasteiger partial charge on any atom is 0.257 e. The van der Waals surface area contributed by atoms with Gasteiger partial charge in [-0.05, 0) is 51.5 Å². The van der Waals surface area contributed by atoms with E-state index in [1.807, 2.05) is 0 Å². The molecule has 136 valence electrons. The van der Waals surface area contributed by atoms with E-state index in [0.717, 1.165) is 19.3 Å². The molecule has 0 aliphatic carbocycles. The molecule has 24 heavy (non-hydrogen) atoms. The maximum atomic E-state index is 12.2. The highest BCUT2D eigenvalue weighted by Crippen LogP contribution is 2.17. The molecular weight excluding hydrogens is 328 g/mol. The Kier molecular flexibility index (Phi) is 7.69. The number of sulfonamides is 1. The summed E-state index contributed by atoms with van der Waals surface area (Å²) in [6.45, 7) is 8.00. The zero-order valence-electron chi connectivity index (χ0n) is 14.9. The second kappa shape index (κ2) is 9.03. The molecule has 1 aromatic rings. The van der Waals surface area contributed by atoms with Gasteiger partial charge in [0.2, 0.25) is 10.0 Å². The highest BCUT2D eigenvalue weighted by Gasteiger charge is 2.21. The molecule has 1 aromatic carbocycles. The van der Waals surface area contributed by atoms with Gasteiger partial charge >= 0.3 is 0 Å². The summed E-state index contributed by atoms with van der Waals surface area (Å²) < 4.78 is 32.3. The molecule has 0 saturated heterocycles. The molecule has 0 atom stereocenters. The van der Waals surface area contributed by atoms with Gasteiger partial charge in [-0.2, -0.15) is 0 Å². The number of amides is 1. The summed E-state index contributed by atoms with van der Waals surface area (Å²) in [5.41, 5.74) is -0.552. The number of hydrogen-bond donors (Lipinski definition) is 2. The fourth-order valence-electron chi connectivity index (χ4n) is 1.98. The van der Waals surface area contributed by atoms with Crippen molar-refractivity contribution in [2.24, 2.45) is 0 Å². The van der Waals surface area contributed by atoms with E-state index in [-0.39, 0.29) is 17.4 Å². The van der Waals surface area contributed by atoms with E-state index < -0.39 is 15.6 Å². The summed E-state index contributed by atoms with van der Waals surface area (Å²) in [5.74, 6) is 0.269. The number of hydrogen-bond acceptors (Lipinski definition) is 4. The summed E-state index contributed by atoms with van der Waals surface area (Å²) in [5, 5.41) is 2.78. The van der Waals surface area contributed by atoms with Crippen LogP contribution in [-0.2, 0) is 14.8 Å². The van der Waals surface area contributed by atoms with Crippen LogP contribution in [-0.4, -0.2) is 33.0 Å². The molecule has 7 heteroatoms. The molecule has 0 aliphatic rings. The highest BCUT2D eigenvalue weighted by atomic mass is 32.2. The third-order valence-corrected chi connectivity index (χ3v) is 4.82. The first-order chi connectivity index (χ1) is 11.1. The summed E-state index contributed by atoms with van der Waals surface area (Å²) in [7, 11) is -3.57. The SMILES string of the molecule is CCCCCNC(=O)COc1ccc(S(=O)(=O)NC(C)(C)C)cc1. The summed E-state index contributed by atoms with van der Waals surface area (Å²) in [4.78, 5) is 11.8. The molecule has 1 amide bonds. The molecule has 0 saturated carbocycles. The number of unbranched alkanes of at least 4 members (excludes halogenated alkanes) is 2. The van der Waals surface area contributed by atoms with E-state index in [4.69, 9.17) is 4.74 Å². The van der Waals surface area contributed by atoms with Crippen LogP contribution in [0.2, 0.25) is 0 Å². The minimum Gasteiger partial charge on any atom is -0.484 e. The standard InChI is InChI=1S/C17H28N2O4S/c1-5-6-7-12-18-16(20)13-23-14-8-10-15(11-9-14)24(21,22)19-17(2,3)4/h8-11,19H,5-7,12-13H2,1-4H3,(H,18,20). The predicted octanol–water partition coefficient (Wildman–Crippen LogP) is 2.45. The van der Waals surface area contributed by atoms with Gasteiger partial charge in [0.15, 0.2) is 6.61 Å². The Morgan fingerprint density at radius 1 is 1.12 bits per heavy atom. The lowest BCUT2D eigenvalue weighted by Gasteiger charge is -2.20. The lowest BCUT2D eigenvalue weighted by molar-refractivity contribution is -0.123. The van der Waals surface area contributed by atoms with Crippen molar-refractivity contribution in [2.45, 2.75) is 57.4 Å². The van der Waals surface area contributed by atoms with Crippen molar-refractivity contribution in [3.63, 3.8) is 0 Å². The minimum atomic E-state index is -3.57. The second-order valence-electron chi connectivity index (χ2n) is 6.67. The van der Waals surface area contributed by atoms with Gasteiger partial charge in [-0.15, -0.1) is 0 Å². The highest BCUT2D eigenvalue weighted by molar-refractivity contribution is 7.89. The smallest absolute Gasteiger partial charge is 0.257 e. The summed E-state index contributed by atoms with van der Waals surface area (Å²) >= 11 is 0. The second-order valence-corrected chi connectivity index (χ2v) is 8.36. The largest absolute Gasteiger partial charge is 0.484 e. The average Bonchev–Trinajstić information content (AvgIpc) is 2.47. The maximum absolute atomic E-state index is 12.2. The van der Waals surface area contributed by atoms with Crippen LogP contribution in [0, 0.1) is 0 Å². The van der Waals surface area contributed by atoms with Crippen LogP contribution in [0.25, 0.3) is 0 Å². The molecule has 0 bridgehead atoms. The monoisotopic (exact) mass is 356 g/mol. The molecule has 0 aromatic heterocycles. The number of ether oxygens (including phenoxy) is 1. The summed E-state index contributed by atoms with van der Waals surface area (Å²) in [6, 6.07) is 6.01. The number of benzene rings is 1. The molecule has 0 aliphatic heterocycles. The third kappa shape index (κ3) is 7.79. The van der Waals surface area contributed by atoms with Crippen LogP contribution in [0.15, 0.2) is 29.2 Å². The van der Waals surface area contributed by atoms with Crippen molar-refractivity contribution < 1.29 is 17.9 Å². The van der Waals surface area contributed by atoms with Crippen LogP contribution >= 0.6 is 0 Å². The van der Waals surface area contributed by atoms with Crippen LogP contribution in [0.3, 0.4) is 0 Å². The first-order valence-corrected chi connectivity index (χ1v) is 9.66. The zero-order chi connectivity index (χ0) is 18.2. The molecular formula is C17H28N2O4S. The fourth-order valence-corrected chi connectivity index (χ4v) is 3.40. The van der Waals surface area contributed by atoms with Crippen molar-refractivity contribution in [2.75, 3.05) is 13.2 Å². The van der Waals surface area contributed by atoms with E-state index in [0.29, 0.717) is 12.3 Å². The van der Waals surface area contributed by atoms with Crippen LogP contribution in [0.5, 0.6) is 5.75 Å². The van der Waals surface area contributed by atoms with Gasteiger partial charge in [0.1, 0.15) is 5.75 Å².